The number of aromatic nitrogens is 2. The van der Waals surface area contributed by atoms with E-state index in [-0.39, 0.29) is 11.7 Å². The summed E-state index contributed by atoms with van der Waals surface area (Å²) in [5, 5.41) is 3.91. The third-order valence-corrected chi connectivity index (χ3v) is 8.06. The number of methoxy groups -OCH3 is 1. The molecule has 44 heavy (non-hydrogen) atoms. The molecule has 0 saturated carbocycles. The standard InChI is InChI=1S/C34H29F3N4O2S/c1-21-20-27(22(2)40(21)30-10-5-4-8-28(30)34(35,36)37)32-31(29-9-6-7-19-38-29)39-33(44)41(32)23-11-13-25(14-12-23)43-26-17-15-24(42-3)16-18-26/h4-20,31-32H,1-3H3,(H,39,44)/t31-,32-/m0/s1. The first-order valence-electron chi connectivity index (χ1n) is 13.9. The van der Waals surface area contributed by atoms with Gasteiger partial charge in [-0.2, -0.15) is 13.2 Å². The van der Waals surface area contributed by atoms with Gasteiger partial charge in [0.2, 0.25) is 0 Å². The van der Waals surface area contributed by atoms with Crippen LogP contribution in [0, 0.1) is 13.8 Å². The van der Waals surface area contributed by atoms with E-state index in [2.05, 4.69) is 10.3 Å². The van der Waals surface area contributed by atoms with Crippen molar-refractivity contribution in [1.82, 2.24) is 14.9 Å². The maximum atomic E-state index is 14.1. The molecule has 5 aromatic rings. The number of pyridine rings is 1. The predicted octanol–water partition coefficient (Wildman–Crippen LogP) is 8.49. The highest BCUT2D eigenvalue weighted by molar-refractivity contribution is 7.80. The van der Waals surface area contributed by atoms with Crippen LogP contribution in [0.3, 0.4) is 0 Å². The first-order valence-corrected chi connectivity index (χ1v) is 14.3. The zero-order valence-corrected chi connectivity index (χ0v) is 25.0. The fraction of sp³-hybridized carbons (Fsp3) is 0.176. The van der Waals surface area contributed by atoms with Crippen LogP contribution < -0.4 is 19.7 Å². The van der Waals surface area contributed by atoms with Gasteiger partial charge in [-0.15, -0.1) is 0 Å². The van der Waals surface area contributed by atoms with Gasteiger partial charge in [-0.25, -0.2) is 0 Å². The fourth-order valence-electron chi connectivity index (χ4n) is 5.77. The summed E-state index contributed by atoms with van der Waals surface area (Å²) in [5.41, 5.74) is 3.14. The monoisotopic (exact) mass is 614 g/mol. The first-order chi connectivity index (χ1) is 21.2. The van der Waals surface area contributed by atoms with E-state index in [1.807, 2.05) is 91.5 Å². The van der Waals surface area contributed by atoms with Gasteiger partial charge in [-0.1, -0.05) is 18.2 Å². The van der Waals surface area contributed by atoms with Gasteiger partial charge < -0.3 is 24.3 Å². The molecular weight excluding hydrogens is 585 g/mol. The Balaban J connectivity index is 1.41. The highest BCUT2D eigenvalue weighted by Crippen LogP contribution is 2.45. The number of alkyl halides is 3. The summed E-state index contributed by atoms with van der Waals surface area (Å²) in [7, 11) is 1.61. The number of thiocarbonyl (C=S) groups is 1. The molecule has 224 valence electrons. The van der Waals surface area contributed by atoms with E-state index in [0.29, 0.717) is 28.0 Å². The van der Waals surface area contributed by atoms with Crippen LogP contribution in [0.25, 0.3) is 5.69 Å². The quantitative estimate of drug-likeness (QED) is 0.186. The van der Waals surface area contributed by atoms with Crippen LogP contribution in [0.2, 0.25) is 0 Å². The molecule has 2 atom stereocenters. The summed E-state index contributed by atoms with van der Waals surface area (Å²) in [6.45, 7) is 3.66. The molecule has 0 radical (unpaired) electrons. The molecule has 0 bridgehead atoms. The number of aryl methyl sites for hydroxylation is 1. The van der Waals surface area contributed by atoms with Crippen molar-refractivity contribution >= 4 is 23.0 Å². The lowest BCUT2D eigenvalue weighted by atomic mass is 9.96. The molecule has 1 fully saturated rings. The molecule has 0 aliphatic carbocycles. The average Bonchev–Trinajstić information content (AvgIpc) is 3.52. The van der Waals surface area contributed by atoms with Gasteiger partial charge in [-0.05, 0) is 110 Å². The Labute approximate surface area is 258 Å². The molecule has 3 aromatic carbocycles. The lowest BCUT2D eigenvalue weighted by Crippen LogP contribution is -2.29. The van der Waals surface area contributed by atoms with Crippen molar-refractivity contribution in [2.24, 2.45) is 0 Å². The van der Waals surface area contributed by atoms with Crippen LogP contribution >= 0.6 is 12.2 Å². The highest BCUT2D eigenvalue weighted by Gasteiger charge is 2.43. The topological polar surface area (TPSA) is 51.6 Å². The second kappa shape index (κ2) is 11.7. The van der Waals surface area contributed by atoms with Crippen LogP contribution in [0.15, 0.2) is 103 Å². The highest BCUT2D eigenvalue weighted by atomic mass is 32.1. The van der Waals surface area contributed by atoms with Crippen molar-refractivity contribution in [3.63, 3.8) is 0 Å². The van der Waals surface area contributed by atoms with Gasteiger partial charge in [0.25, 0.3) is 0 Å². The number of anilines is 1. The van der Waals surface area contributed by atoms with E-state index in [1.54, 1.807) is 23.9 Å². The second-order valence-electron chi connectivity index (χ2n) is 10.4. The maximum Gasteiger partial charge on any atom is 0.418 e. The minimum atomic E-state index is -4.51. The number of nitrogens with one attached hydrogen (secondary N) is 1. The number of para-hydroxylation sites is 1. The zero-order chi connectivity index (χ0) is 31.0. The molecule has 0 unspecified atom stereocenters. The second-order valence-corrected chi connectivity index (χ2v) is 10.8. The van der Waals surface area contributed by atoms with Crippen LogP contribution in [-0.4, -0.2) is 21.8 Å². The van der Waals surface area contributed by atoms with Crippen molar-refractivity contribution < 1.29 is 22.6 Å². The number of rotatable bonds is 7. The van der Waals surface area contributed by atoms with Gasteiger partial charge >= 0.3 is 6.18 Å². The molecule has 1 aliphatic rings. The van der Waals surface area contributed by atoms with Gasteiger partial charge in [-0.3, -0.25) is 4.98 Å². The molecule has 1 aliphatic heterocycles. The molecule has 6 nitrogen and oxygen atoms in total. The summed E-state index contributed by atoms with van der Waals surface area (Å²) < 4.78 is 55.1. The number of benzene rings is 3. The normalized spacial score (nSPS) is 16.6. The summed E-state index contributed by atoms with van der Waals surface area (Å²) in [5.74, 6) is 2.03. The van der Waals surface area contributed by atoms with Gasteiger partial charge in [0, 0.05) is 23.3 Å². The number of hydrogen-bond donors (Lipinski definition) is 1. The van der Waals surface area contributed by atoms with Crippen LogP contribution in [-0.2, 0) is 6.18 Å². The number of halogens is 3. The van der Waals surface area contributed by atoms with Crippen molar-refractivity contribution in [3.8, 4) is 22.9 Å². The van der Waals surface area contributed by atoms with Gasteiger partial charge in [0.05, 0.1) is 36.1 Å². The molecule has 1 N–H and O–H groups in total. The fourth-order valence-corrected chi connectivity index (χ4v) is 6.12. The average molecular weight is 615 g/mol. The number of hydrogen-bond acceptors (Lipinski definition) is 4. The Bertz CT molecular complexity index is 1790. The van der Waals surface area contributed by atoms with E-state index in [9.17, 15) is 13.2 Å². The lowest BCUT2D eigenvalue weighted by molar-refractivity contribution is -0.137. The van der Waals surface area contributed by atoms with Crippen molar-refractivity contribution in [3.05, 3.63) is 131 Å². The summed E-state index contributed by atoms with van der Waals surface area (Å²) >= 11 is 5.87. The van der Waals surface area contributed by atoms with E-state index in [4.69, 9.17) is 21.7 Å². The Morgan fingerprint density at radius 2 is 1.48 bits per heavy atom. The van der Waals surface area contributed by atoms with Gasteiger partial charge in [0.15, 0.2) is 5.11 Å². The smallest absolute Gasteiger partial charge is 0.418 e. The molecule has 0 amide bonds. The Morgan fingerprint density at radius 3 is 2.11 bits per heavy atom. The first kappa shape index (κ1) is 29.3. The minimum absolute atomic E-state index is 0.0794. The van der Waals surface area contributed by atoms with Crippen LogP contribution in [0.1, 0.15) is 40.3 Å². The number of ether oxygens (including phenoxy) is 2. The molecule has 3 heterocycles. The van der Waals surface area contributed by atoms with Crippen LogP contribution in [0.4, 0.5) is 18.9 Å². The Morgan fingerprint density at radius 1 is 0.841 bits per heavy atom. The molecule has 1 saturated heterocycles. The van der Waals surface area contributed by atoms with E-state index >= 15 is 0 Å². The Hall–Kier alpha value is -4.83. The Kier molecular flexibility index (Phi) is 7.77. The third kappa shape index (κ3) is 5.48. The molecule has 0 spiro atoms. The summed E-state index contributed by atoms with van der Waals surface area (Å²) in [6, 6.07) is 27.3. The third-order valence-electron chi connectivity index (χ3n) is 7.75. The number of nitrogens with zero attached hydrogens (tertiary/aromatic N) is 3. The maximum absolute atomic E-state index is 14.1. The molecule has 6 rings (SSSR count). The SMILES string of the molecule is COc1ccc(Oc2ccc(N3C(=S)N[C@@H](c4ccccn4)[C@@H]3c3cc(C)n(-c4ccccc4C(F)(F)F)c3C)cc2)cc1. The van der Waals surface area contributed by atoms with Crippen molar-refractivity contribution in [2.75, 3.05) is 12.0 Å². The minimum Gasteiger partial charge on any atom is -0.497 e. The van der Waals surface area contributed by atoms with E-state index in [1.165, 1.54) is 12.1 Å². The summed E-state index contributed by atoms with van der Waals surface area (Å²) in [6.07, 6.45) is -2.79. The predicted molar refractivity (Wildman–Crippen MR) is 168 cm³/mol. The van der Waals surface area contributed by atoms with Crippen LogP contribution in [0.5, 0.6) is 17.2 Å². The van der Waals surface area contributed by atoms with Gasteiger partial charge in [0.1, 0.15) is 17.2 Å². The van der Waals surface area contributed by atoms with E-state index in [0.717, 1.165) is 28.8 Å². The molecular formula is C34H29F3N4O2S. The van der Waals surface area contributed by atoms with E-state index < -0.39 is 17.8 Å². The zero-order valence-electron chi connectivity index (χ0n) is 24.2. The van der Waals surface area contributed by atoms with Crippen molar-refractivity contribution in [1.29, 1.82) is 0 Å². The largest absolute Gasteiger partial charge is 0.497 e. The van der Waals surface area contributed by atoms with Crippen molar-refractivity contribution in [2.45, 2.75) is 32.1 Å². The molecule has 10 heteroatoms. The summed E-state index contributed by atoms with van der Waals surface area (Å²) in [4.78, 5) is 6.60. The lowest BCUT2D eigenvalue weighted by Gasteiger charge is -2.28. The molecule has 2 aromatic heterocycles.